The molecule has 1 N–H and O–H groups in total. The molecule has 1 amide bonds. The van der Waals surface area contributed by atoms with Gasteiger partial charge in [-0.1, -0.05) is 36.4 Å². The monoisotopic (exact) mass is 350 g/mol. The third-order valence-corrected chi connectivity index (χ3v) is 5.39. The summed E-state index contributed by atoms with van der Waals surface area (Å²) < 4.78 is 5.14. The molecule has 0 bridgehead atoms. The van der Waals surface area contributed by atoms with E-state index in [2.05, 4.69) is 28.5 Å². The number of thiazole rings is 1. The Kier molecular flexibility index (Phi) is 4.24. The van der Waals surface area contributed by atoms with Crippen LogP contribution in [0, 0.1) is 0 Å². The van der Waals surface area contributed by atoms with Crippen LogP contribution in [0.1, 0.15) is 16.0 Å². The van der Waals surface area contributed by atoms with Crippen molar-refractivity contribution < 1.29 is 9.53 Å². The Bertz CT molecular complexity index is 916. The van der Waals surface area contributed by atoms with E-state index in [1.807, 2.05) is 30.3 Å². The largest absolute Gasteiger partial charge is 0.497 e. The van der Waals surface area contributed by atoms with Crippen molar-refractivity contribution in [1.29, 1.82) is 0 Å². The first-order valence-corrected chi connectivity index (χ1v) is 9.05. The number of hydrogen-bond acceptors (Lipinski definition) is 4. The number of aromatic nitrogens is 1. The average Bonchev–Trinajstić information content (AvgIpc) is 3.05. The van der Waals surface area contributed by atoms with E-state index in [1.54, 1.807) is 18.4 Å². The Morgan fingerprint density at radius 2 is 1.96 bits per heavy atom. The van der Waals surface area contributed by atoms with Crippen molar-refractivity contribution in [2.24, 2.45) is 0 Å². The summed E-state index contributed by atoms with van der Waals surface area (Å²) >= 11 is 1.58. The van der Waals surface area contributed by atoms with Gasteiger partial charge in [-0.05, 0) is 36.1 Å². The van der Waals surface area contributed by atoms with Gasteiger partial charge in [0.05, 0.1) is 19.2 Å². The van der Waals surface area contributed by atoms with E-state index in [-0.39, 0.29) is 5.91 Å². The van der Waals surface area contributed by atoms with Crippen LogP contribution in [0.25, 0.3) is 11.3 Å². The second-order valence-corrected chi connectivity index (χ2v) is 7.10. The lowest BCUT2D eigenvalue weighted by atomic mass is 9.94. The topological polar surface area (TPSA) is 51.2 Å². The van der Waals surface area contributed by atoms with E-state index in [0.29, 0.717) is 11.6 Å². The number of amides is 1. The molecule has 4 rings (SSSR count). The molecule has 0 fully saturated rings. The summed E-state index contributed by atoms with van der Waals surface area (Å²) in [5.41, 5.74) is 4.49. The number of rotatable bonds is 4. The van der Waals surface area contributed by atoms with Gasteiger partial charge in [-0.3, -0.25) is 4.79 Å². The molecule has 25 heavy (non-hydrogen) atoms. The zero-order chi connectivity index (χ0) is 17.2. The molecule has 0 aliphatic heterocycles. The first-order chi connectivity index (χ1) is 12.2. The minimum atomic E-state index is -0.0513. The number of methoxy groups -OCH3 is 1. The lowest BCUT2D eigenvalue weighted by molar-refractivity contribution is -0.115. The van der Waals surface area contributed by atoms with E-state index in [9.17, 15) is 4.79 Å². The number of nitrogens with zero attached hydrogens (tertiary/aromatic N) is 1. The summed E-state index contributed by atoms with van der Waals surface area (Å²) in [6, 6.07) is 15.9. The lowest BCUT2D eigenvalue weighted by Crippen LogP contribution is -2.14. The number of aryl methyl sites for hydroxylation is 2. The Labute approximate surface area is 150 Å². The van der Waals surface area contributed by atoms with Gasteiger partial charge < -0.3 is 10.1 Å². The second-order valence-electron chi connectivity index (χ2n) is 6.02. The highest BCUT2D eigenvalue weighted by atomic mass is 32.1. The highest BCUT2D eigenvalue weighted by Gasteiger charge is 2.21. The van der Waals surface area contributed by atoms with Crippen molar-refractivity contribution >= 4 is 22.4 Å². The van der Waals surface area contributed by atoms with Gasteiger partial charge in [0.2, 0.25) is 5.91 Å². The molecule has 0 spiro atoms. The number of ether oxygens (including phenoxy) is 1. The maximum absolute atomic E-state index is 12.3. The van der Waals surface area contributed by atoms with Gasteiger partial charge in [-0.2, -0.15) is 0 Å². The molecule has 0 saturated heterocycles. The van der Waals surface area contributed by atoms with Crippen molar-refractivity contribution in [3.8, 4) is 17.0 Å². The molecule has 1 aromatic heterocycles. The summed E-state index contributed by atoms with van der Waals surface area (Å²) in [5.74, 6) is 0.736. The van der Waals surface area contributed by atoms with Crippen molar-refractivity contribution in [3.05, 3.63) is 64.5 Å². The third-order valence-electron chi connectivity index (χ3n) is 4.36. The molecule has 4 nitrogen and oxygen atoms in total. The van der Waals surface area contributed by atoms with E-state index < -0.39 is 0 Å². The Hall–Kier alpha value is -2.66. The fourth-order valence-electron chi connectivity index (χ4n) is 3.09. The summed E-state index contributed by atoms with van der Waals surface area (Å²) in [6.45, 7) is 0. The quantitative estimate of drug-likeness (QED) is 0.771. The molecule has 0 saturated carbocycles. The van der Waals surface area contributed by atoms with Crippen molar-refractivity contribution in [3.63, 3.8) is 0 Å². The van der Waals surface area contributed by atoms with E-state index >= 15 is 0 Å². The average molecular weight is 350 g/mol. The van der Waals surface area contributed by atoms with Gasteiger partial charge in [0.1, 0.15) is 5.75 Å². The highest BCUT2D eigenvalue weighted by Crippen LogP contribution is 2.37. The zero-order valence-electron chi connectivity index (χ0n) is 13.9. The maximum atomic E-state index is 12.3. The predicted molar refractivity (Wildman–Crippen MR) is 100 cm³/mol. The Balaban J connectivity index is 1.48. The van der Waals surface area contributed by atoms with Crippen LogP contribution in [0.3, 0.4) is 0 Å². The molecule has 3 aromatic rings. The fraction of sp³-hybridized carbons (Fsp3) is 0.200. The Morgan fingerprint density at radius 1 is 1.16 bits per heavy atom. The van der Waals surface area contributed by atoms with E-state index in [0.717, 1.165) is 29.8 Å². The first kappa shape index (κ1) is 15.8. The highest BCUT2D eigenvalue weighted by molar-refractivity contribution is 7.16. The summed E-state index contributed by atoms with van der Waals surface area (Å²) in [4.78, 5) is 18.2. The molecule has 5 heteroatoms. The van der Waals surface area contributed by atoms with Crippen molar-refractivity contribution in [1.82, 2.24) is 4.98 Å². The van der Waals surface area contributed by atoms with Crippen molar-refractivity contribution in [2.45, 2.75) is 19.3 Å². The van der Waals surface area contributed by atoms with Crippen LogP contribution in [-0.2, 0) is 24.1 Å². The number of hydrogen-bond donors (Lipinski definition) is 1. The van der Waals surface area contributed by atoms with Crippen LogP contribution < -0.4 is 10.1 Å². The van der Waals surface area contributed by atoms with Crippen LogP contribution in [0.4, 0.5) is 5.13 Å². The summed E-state index contributed by atoms with van der Waals surface area (Å²) in [5, 5.41) is 3.63. The van der Waals surface area contributed by atoms with Gasteiger partial charge >= 0.3 is 0 Å². The Morgan fingerprint density at radius 3 is 2.76 bits per heavy atom. The fourth-order valence-corrected chi connectivity index (χ4v) is 4.09. The van der Waals surface area contributed by atoms with Gasteiger partial charge in [-0.25, -0.2) is 4.98 Å². The van der Waals surface area contributed by atoms with Crippen molar-refractivity contribution in [2.75, 3.05) is 12.4 Å². The molecule has 1 aliphatic rings. The van der Waals surface area contributed by atoms with E-state index in [4.69, 9.17) is 4.74 Å². The number of fused-ring (bicyclic) bond motifs is 3. The molecule has 0 atom stereocenters. The number of anilines is 1. The zero-order valence-corrected chi connectivity index (χ0v) is 14.7. The molecule has 0 radical (unpaired) electrons. The summed E-state index contributed by atoms with van der Waals surface area (Å²) in [7, 11) is 1.63. The molecule has 126 valence electrons. The van der Waals surface area contributed by atoms with Crippen LogP contribution in [-0.4, -0.2) is 18.0 Å². The van der Waals surface area contributed by atoms with Crippen LogP contribution in [0.2, 0.25) is 0 Å². The first-order valence-electron chi connectivity index (χ1n) is 8.23. The second kappa shape index (κ2) is 6.69. The minimum Gasteiger partial charge on any atom is -0.497 e. The normalized spacial score (nSPS) is 12.2. The lowest BCUT2D eigenvalue weighted by Gasteiger charge is -2.13. The SMILES string of the molecule is COc1ccc(CC(=O)Nc2nc3c(s2)CCc2ccccc2-3)cc1. The number of carbonyl (C=O) groups is 1. The molecular weight excluding hydrogens is 332 g/mol. The molecule has 2 aromatic carbocycles. The number of carbonyl (C=O) groups excluding carboxylic acids is 1. The van der Waals surface area contributed by atoms with Crippen LogP contribution in [0.5, 0.6) is 5.75 Å². The summed E-state index contributed by atoms with van der Waals surface area (Å²) in [6.07, 6.45) is 2.34. The molecule has 0 unspecified atom stereocenters. The van der Waals surface area contributed by atoms with Gasteiger partial charge in [0.15, 0.2) is 5.13 Å². The van der Waals surface area contributed by atoms with Crippen LogP contribution in [0.15, 0.2) is 48.5 Å². The third kappa shape index (κ3) is 3.28. The molecular formula is C20H18N2O2S. The number of nitrogens with one attached hydrogen (secondary N) is 1. The molecule has 1 aliphatic carbocycles. The predicted octanol–water partition coefficient (Wildman–Crippen LogP) is 4.10. The van der Waals surface area contributed by atoms with Gasteiger partial charge in [0, 0.05) is 10.4 Å². The van der Waals surface area contributed by atoms with Gasteiger partial charge in [0.25, 0.3) is 0 Å². The minimum absolute atomic E-state index is 0.0513. The maximum Gasteiger partial charge on any atom is 0.230 e. The van der Waals surface area contributed by atoms with E-state index in [1.165, 1.54) is 16.0 Å². The molecule has 1 heterocycles. The van der Waals surface area contributed by atoms with Crippen LogP contribution >= 0.6 is 11.3 Å². The van der Waals surface area contributed by atoms with Gasteiger partial charge in [-0.15, -0.1) is 11.3 Å². The standard InChI is InChI=1S/C20H18N2O2S/c1-24-15-9-6-13(7-10-15)12-18(23)21-20-22-19-16-5-3-2-4-14(16)8-11-17(19)25-20/h2-7,9-10H,8,11-12H2,1H3,(H,21,22,23). The number of benzene rings is 2. The smallest absolute Gasteiger partial charge is 0.230 e.